The highest BCUT2D eigenvalue weighted by Gasteiger charge is 2.02. The van der Waals surface area contributed by atoms with Crippen LogP contribution < -0.4 is 15.8 Å². The number of carbonyl (C=O) groups is 1. The molecule has 1 amide bonds. The Kier molecular flexibility index (Phi) is 6.22. The van der Waals surface area contributed by atoms with E-state index >= 15 is 0 Å². The summed E-state index contributed by atoms with van der Waals surface area (Å²) in [5.41, 5.74) is 7.63. The van der Waals surface area contributed by atoms with E-state index in [0.717, 1.165) is 17.7 Å². The molecule has 18 heavy (non-hydrogen) atoms. The van der Waals surface area contributed by atoms with E-state index in [2.05, 4.69) is 11.4 Å². The van der Waals surface area contributed by atoms with E-state index in [4.69, 9.17) is 10.5 Å². The number of benzene rings is 1. The van der Waals surface area contributed by atoms with Gasteiger partial charge in [-0.1, -0.05) is 12.1 Å². The summed E-state index contributed by atoms with van der Waals surface area (Å²) in [5.74, 6) is 0.938. The molecule has 1 aromatic carbocycles. The molecule has 0 atom stereocenters. The summed E-state index contributed by atoms with van der Waals surface area (Å²) in [4.78, 5) is 11.2. The first kappa shape index (κ1) is 14.5. The van der Waals surface area contributed by atoms with Gasteiger partial charge in [0.05, 0.1) is 6.61 Å². The van der Waals surface area contributed by atoms with Crippen LogP contribution >= 0.6 is 0 Å². The van der Waals surface area contributed by atoms with Gasteiger partial charge in [0.25, 0.3) is 0 Å². The lowest BCUT2D eigenvalue weighted by Crippen LogP contribution is -2.27. The van der Waals surface area contributed by atoms with Gasteiger partial charge < -0.3 is 15.8 Å². The summed E-state index contributed by atoms with van der Waals surface area (Å²) in [6.07, 6.45) is 1.21. The summed E-state index contributed by atoms with van der Waals surface area (Å²) in [6.45, 7) is 5.72. The lowest BCUT2D eigenvalue weighted by Gasteiger charge is -2.09. The number of nitrogens with one attached hydrogen (secondary N) is 1. The van der Waals surface area contributed by atoms with Gasteiger partial charge in [-0.3, -0.25) is 4.79 Å². The molecule has 0 spiro atoms. The average molecular weight is 250 g/mol. The van der Waals surface area contributed by atoms with Gasteiger partial charge in [0.2, 0.25) is 5.91 Å². The third-order valence-corrected chi connectivity index (χ3v) is 2.65. The first-order chi connectivity index (χ1) is 8.67. The van der Waals surface area contributed by atoms with Gasteiger partial charge in [-0.05, 0) is 37.5 Å². The fraction of sp³-hybridized carbons (Fsp3) is 0.500. The Morgan fingerprint density at radius 2 is 2.22 bits per heavy atom. The molecular formula is C14H22N2O2. The van der Waals surface area contributed by atoms with Crippen LogP contribution in [-0.4, -0.2) is 25.6 Å². The van der Waals surface area contributed by atoms with Crippen LogP contribution in [0.1, 0.15) is 24.5 Å². The fourth-order valence-corrected chi connectivity index (χ4v) is 1.75. The molecule has 0 aromatic heterocycles. The van der Waals surface area contributed by atoms with Gasteiger partial charge in [-0.15, -0.1) is 0 Å². The van der Waals surface area contributed by atoms with Crippen molar-refractivity contribution in [3.8, 4) is 5.75 Å². The molecule has 100 valence electrons. The summed E-state index contributed by atoms with van der Waals surface area (Å²) < 4.78 is 5.48. The van der Waals surface area contributed by atoms with Gasteiger partial charge in [-0.2, -0.15) is 0 Å². The van der Waals surface area contributed by atoms with E-state index in [1.807, 2.05) is 26.0 Å². The highest BCUT2D eigenvalue weighted by Crippen LogP contribution is 2.19. The molecule has 4 heteroatoms. The fourth-order valence-electron chi connectivity index (χ4n) is 1.75. The first-order valence-corrected chi connectivity index (χ1v) is 6.36. The molecular weight excluding hydrogens is 228 g/mol. The molecule has 0 heterocycles. The normalized spacial score (nSPS) is 10.2. The maximum atomic E-state index is 11.2. The molecule has 3 N–H and O–H groups in total. The molecule has 4 nitrogen and oxygen atoms in total. The largest absolute Gasteiger partial charge is 0.494 e. The van der Waals surface area contributed by atoms with Crippen molar-refractivity contribution in [2.75, 3.05) is 19.7 Å². The van der Waals surface area contributed by atoms with Gasteiger partial charge in [0.15, 0.2) is 0 Å². The number of hydrogen-bond acceptors (Lipinski definition) is 3. The Labute approximate surface area is 109 Å². The molecule has 0 fully saturated rings. The minimum atomic E-state index is 0.0140. The Morgan fingerprint density at radius 1 is 1.44 bits per heavy atom. The van der Waals surface area contributed by atoms with Gasteiger partial charge in [0.1, 0.15) is 5.75 Å². The van der Waals surface area contributed by atoms with Crippen LogP contribution in [0, 0.1) is 6.92 Å². The van der Waals surface area contributed by atoms with Crippen molar-refractivity contribution in [3.63, 3.8) is 0 Å². The molecule has 0 saturated heterocycles. The lowest BCUT2D eigenvalue weighted by atomic mass is 10.1. The molecule has 1 rings (SSSR count). The zero-order chi connectivity index (χ0) is 13.4. The van der Waals surface area contributed by atoms with Crippen LogP contribution in [-0.2, 0) is 11.2 Å². The predicted octanol–water partition coefficient (Wildman–Crippen LogP) is 1.40. The van der Waals surface area contributed by atoms with Gasteiger partial charge >= 0.3 is 0 Å². The Balaban J connectivity index is 2.43. The molecule has 0 aliphatic carbocycles. The molecule has 0 saturated carbocycles. The summed E-state index contributed by atoms with van der Waals surface area (Å²) in [5, 5.41) is 2.84. The third-order valence-electron chi connectivity index (χ3n) is 2.65. The van der Waals surface area contributed by atoms with Crippen LogP contribution in [0.25, 0.3) is 0 Å². The quantitative estimate of drug-likeness (QED) is 0.769. The summed E-state index contributed by atoms with van der Waals surface area (Å²) in [7, 11) is 0. The predicted molar refractivity (Wildman–Crippen MR) is 72.7 cm³/mol. The van der Waals surface area contributed by atoms with Crippen molar-refractivity contribution in [1.29, 1.82) is 0 Å². The highest BCUT2D eigenvalue weighted by molar-refractivity contribution is 5.76. The molecule has 0 radical (unpaired) electrons. The standard InChI is InChI=1S/C14H22N2O2/c1-3-18-13-5-4-12(10-11(13)2)7-9-16-14(17)6-8-15/h4-5,10H,3,6-9,15H2,1-2H3,(H,16,17). The van der Waals surface area contributed by atoms with E-state index in [1.165, 1.54) is 5.56 Å². The highest BCUT2D eigenvalue weighted by atomic mass is 16.5. The lowest BCUT2D eigenvalue weighted by molar-refractivity contribution is -0.120. The monoisotopic (exact) mass is 250 g/mol. The van der Waals surface area contributed by atoms with Gasteiger partial charge in [0, 0.05) is 19.5 Å². The van der Waals surface area contributed by atoms with Crippen LogP contribution in [0.5, 0.6) is 5.75 Å². The zero-order valence-electron chi connectivity index (χ0n) is 11.2. The van der Waals surface area contributed by atoms with Crippen molar-refractivity contribution in [2.24, 2.45) is 5.73 Å². The molecule has 0 bridgehead atoms. The van der Waals surface area contributed by atoms with Crippen molar-refractivity contribution in [2.45, 2.75) is 26.7 Å². The number of rotatable bonds is 7. The van der Waals surface area contributed by atoms with E-state index in [-0.39, 0.29) is 5.91 Å². The number of ether oxygens (including phenoxy) is 1. The molecule has 1 aromatic rings. The van der Waals surface area contributed by atoms with Crippen molar-refractivity contribution in [3.05, 3.63) is 29.3 Å². The smallest absolute Gasteiger partial charge is 0.221 e. The topological polar surface area (TPSA) is 64.3 Å². The minimum Gasteiger partial charge on any atom is -0.494 e. The van der Waals surface area contributed by atoms with Crippen molar-refractivity contribution in [1.82, 2.24) is 5.32 Å². The number of amides is 1. The molecule has 0 unspecified atom stereocenters. The SMILES string of the molecule is CCOc1ccc(CCNC(=O)CCN)cc1C. The maximum Gasteiger partial charge on any atom is 0.221 e. The zero-order valence-corrected chi connectivity index (χ0v) is 11.2. The third kappa shape index (κ3) is 4.75. The van der Waals surface area contributed by atoms with Crippen LogP contribution in [0.4, 0.5) is 0 Å². The minimum absolute atomic E-state index is 0.0140. The van der Waals surface area contributed by atoms with Crippen LogP contribution in [0.15, 0.2) is 18.2 Å². The van der Waals surface area contributed by atoms with Gasteiger partial charge in [-0.25, -0.2) is 0 Å². The van der Waals surface area contributed by atoms with E-state index in [0.29, 0.717) is 26.1 Å². The van der Waals surface area contributed by atoms with Crippen LogP contribution in [0.3, 0.4) is 0 Å². The second-order valence-electron chi connectivity index (χ2n) is 4.17. The number of nitrogens with two attached hydrogens (primary N) is 1. The Hall–Kier alpha value is -1.55. The van der Waals surface area contributed by atoms with E-state index in [9.17, 15) is 4.79 Å². The maximum absolute atomic E-state index is 11.2. The second-order valence-corrected chi connectivity index (χ2v) is 4.17. The first-order valence-electron chi connectivity index (χ1n) is 6.36. The summed E-state index contributed by atoms with van der Waals surface area (Å²) >= 11 is 0. The number of aryl methyl sites for hydroxylation is 1. The van der Waals surface area contributed by atoms with E-state index in [1.54, 1.807) is 0 Å². The molecule has 0 aliphatic rings. The van der Waals surface area contributed by atoms with Crippen molar-refractivity contribution >= 4 is 5.91 Å². The number of hydrogen-bond donors (Lipinski definition) is 2. The van der Waals surface area contributed by atoms with E-state index < -0.39 is 0 Å². The number of carbonyl (C=O) groups excluding carboxylic acids is 1. The molecule has 0 aliphatic heterocycles. The second kappa shape index (κ2) is 7.71. The Bertz CT molecular complexity index is 391. The van der Waals surface area contributed by atoms with Crippen molar-refractivity contribution < 1.29 is 9.53 Å². The Morgan fingerprint density at radius 3 is 2.83 bits per heavy atom. The average Bonchev–Trinajstić information content (AvgIpc) is 2.33. The summed E-state index contributed by atoms with van der Waals surface area (Å²) in [6, 6.07) is 6.11. The van der Waals surface area contributed by atoms with Crippen LogP contribution in [0.2, 0.25) is 0 Å².